The number of hydrogen-bond donors (Lipinski definition) is 2. The molecule has 8 rings (SSSR count). The number of carbonyl (C=O) groups excluding carboxylic acids is 3. The molecule has 0 spiro atoms. The maximum atomic E-state index is 14.1. The molecule has 3 atom stereocenters. The standard InChI is InChI=1S/C46H44N6O7S2/c1-51-26-25-36(59-51)24-21-31-28-60-43-39(42(54)52(43)40(31)44(55)58-27-30-19-22-35(56-2)23-20-30)48-41(53)38(50-57-3)37-29-61-45(47-37)49-46(32-13-7-4-8-14-32,33-15-9-5-10-16-33)34-17-11-6-12-18-34/h4-24,29,36,39,43H,25-28H2,1-3H3,(H,47,49)(H,48,53)/b24-21+,50-38-/t36?,39-,43+/m1/s1. The van der Waals surface area contributed by atoms with Gasteiger partial charge in [0.1, 0.15) is 47.8 Å². The van der Waals surface area contributed by atoms with E-state index in [4.69, 9.17) is 24.1 Å². The number of thiazole rings is 1. The molecule has 3 aliphatic heterocycles. The van der Waals surface area contributed by atoms with Gasteiger partial charge in [0.15, 0.2) is 10.8 Å². The number of nitrogens with one attached hydrogen (secondary N) is 2. The highest BCUT2D eigenvalue weighted by Crippen LogP contribution is 2.43. The summed E-state index contributed by atoms with van der Waals surface area (Å²) in [6.07, 6.45) is 4.35. The number of esters is 1. The smallest absolute Gasteiger partial charge is 0.355 e. The second-order valence-corrected chi connectivity index (χ2v) is 16.4. The van der Waals surface area contributed by atoms with E-state index in [-0.39, 0.29) is 29.8 Å². The summed E-state index contributed by atoms with van der Waals surface area (Å²) in [6.45, 7) is 0.765. The highest BCUT2D eigenvalue weighted by atomic mass is 32.2. The van der Waals surface area contributed by atoms with Gasteiger partial charge in [-0.2, -0.15) is 5.06 Å². The monoisotopic (exact) mass is 856 g/mol. The van der Waals surface area contributed by atoms with Crippen molar-refractivity contribution < 1.29 is 33.5 Å². The quantitative estimate of drug-likeness (QED) is 0.0392. The van der Waals surface area contributed by atoms with Crippen molar-refractivity contribution in [2.24, 2.45) is 5.16 Å². The second-order valence-electron chi connectivity index (χ2n) is 14.4. The van der Waals surface area contributed by atoms with Gasteiger partial charge in [0.2, 0.25) is 0 Å². The van der Waals surface area contributed by atoms with E-state index >= 15 is 0 Å². The number of nitrogens with zero attached hydrogens (tertiary/aromatic N) is 4. The van der Waals surface area contributed by atoms with E-state index in [1.54, 1.807) is 29.7 Å². The number of hydrogen-bond acceptors (Lipinski definition) is 13. The summed E-state index contributed by atoms with van der Waals surface area (Å²) in [5.41, 5.74) is 3.77. The van der Waals surface area contributed by atoms with E-state index in [9.17, 15) is 14.4 Å². The molecule has 2 amide bonds. The number of anilines is 1. The van der Waals surface area contributed by atoms with E-state index in [2.05, 4.69) is 52.2 Å². The van der Waals surface area contributed by atoms with Gasteiger partial charge in [0.25, 0.3) is 11.8 Å². The van der Waals surface area contributed by atoms with E-state index in [1.165, 1.54) is 35.1 Å². The van der Waals surface area contributed by atoms with Crippen LogP contribution in [0.1, 0.15) is 34.4 Å². The number of β-lactam (4-membered cyclic amide) rings is 1. The number of ether oxygens (including phenoxy) is 2. The number of oxime groups is 1. The summed E-state index contributed by atoms with van der Waals surface area (Å²) in [5, 5.41) is 14.1. The third kappa shape index (κ3) is 8.68. The number of amides is 2. The zero-order valence-electron chi connectivity index (χ0n) is 33.7. The normalized spacial score (nSPS) is 19.3. The lowest BCUT2D eigenvalue weighted by Gasteiger charge is -2.49. The molecule has 1 aromatic heterocycles. The van der Waals surface area contributed by atoms with Crippen LogP contribution in [-0.2, 0) is 40.9 Å². The molecule has 0 saturated carbocycles. The van der Waals surface area contributed by atoms with Gasteiger partial charge in [-0.05, 0) is 46.4 Å². The number of carbonyl (C=O) groups is 3. The first-order valence-corrected chi connectivity index (χ1v) is 21.6. The molecular weight excluding hydrogens is 813 g/mol. The average molecular weight is 857 g/mol. The third-order valence-corrected chi connectivity index (χ3v) is 12.7. The molecule has 2 fully saturated rings. The van der Waals surface area contributed by atoms with E-state index < -0.39 is 34.7 Å². The number of benzene rings is 4. The van der Waals surface area contributed by atoms with Crippen LogP contribution < -0.4 is 15.4 Å². The number of allylic oxidation sites excluding steroid dienone is 1. The minimum Gasteiger partial charge on any atom is -0.497 e. The molecule has 0 aliphatic carbocycles. The molecule has 61 heavy (non-hydrogen) atoms. The maximum absolute atomic E-state index is 14.1. The van der Waals surface area contributed by atoms with Gasteiger partial charge in [0.05, 0.1) is 13.2 Å². The Morgan fingerprint density at radius 2 is 1.57 bits per heavy atom. The fraction of sp³-hybridized carbons (Fsp3) is 0.239. The first kappa shape index (κ1) is 41.5. The molecule has 3 aliphatic rings. The Labute approximate surface area is 362 Å². The summed E-state index contributed by atoms with van der Waals surface area (Å²) in [6, 6.07) is 36.5. The van der Waals surface area contributed by atoms with Crippen LogP contribution >= 0.6 is 23.1 Å². The van der Waals surface area contributed by atoms with Crippen LogP contribution in [-0.4, -0.2) is 89.5 Å². The van der Waals surface area contributed by atoms with Gasteiger partial charge in [0, 0.05) is 24.7 Å². The number of methoxy groups -OCH3 is 1. The molecule has 13 nitrogen and oxygen atoms in total. The topological polar surface area (TPSA) is 144 Å². The number of thioether (sulfide) groups is 1. The number of aromatic nitrogens is 1. The first-order chi connectivity index (χ1) is 29.8. The molecule has 0 bridgehead atoms. The Bertz CT molecular complexity index is 2350. The number of hydroxylamine groups is 2. The van der Waals surface area contributed by atoms with Gasteiger partial charge < -0.3 is 24.9 Å². The van der Waals surface area contributed by atoms with Gasteiger partial charge in [-0.25, -0.2) is 9.78 Å². The SMILES string of the molecule is CO/N=C(\C(=O)N[C@@H]1C(=O)N2C(C(=O)OCc3ccc(OC)cc3)=C(/C=C/C3CCN(C)O3)CS[C@@H]12)c1csc(NC(c2ccccc2)(c2ccccc2)c2ccccc2)n1. The van der Waals surface area contributed by atoms with Gasteiger partial charge in [-0.15, -0.1) is 23.1 Å². The lowest BCUT2D eigenvalue weighted by atomic mass is 9.77. The van der Waals surface area contributed by atoms with Gasteiger partial charge >= 0.3 is 5.97 Å². The van der Waals surface area contributed by atoms with Crippen LogP contribution in [0.25, 0.3) is 0 Å². The lowest BCUT2D eigenvalue weighted by Crippen LogP contribution is -2.71. The molecule has 2 saturated heterocycles. The highest BCUT2D eigenvalue weighted by molar-refractivity contribution is 8.00. The zero-order chi connectivity index (χ0) is 42.3. The second kappa shape index (κ2) is 18.6. The largest absolute Gasteiger partial charge is 0.497 e. The molecule has 312 valence electrons. The molecule has 0 radical (unpaired) electrons. The Morgan fingerprint density at radius 1 is 0.934 bits per heavy atom. The predicted octanol–water partition coefficient (Wildman–Crippen LogP) is 6.50. The summed E-state index contributed by atoms with van der Waals surface area (Å²) >= 11 is 2.75. The van der Waals surface area contributed by atoms with Crippen molar-refractivity contribution in [2.75, 3.05) is 38.9 Å². The van der Waals surface area contributed by atoms with Crippen molar-refractivity contribution in [1.82, 2.24) is 20.3 Å². The molecule has 2 N–H and O–H groups in total. The Morgan fingerprint density at radius 3 is 2.15 bits per heavy atom. The molecule has 1 unspecified atom stereocenters. The van der Waals surface area contributed by atoms with E-state index in [0.29, 0.717) is 22.2 Å². The number of rotatable bonds is 15. The van der Waals surface area contributed by atoms with Crippen molar-refractivity contribution >= 4 is 51.7 Å². The summed E-state index contributed by atoms with van der Waals surface area (Å²) in [4.78, 5) is 59.2. The first-order valence-electron chi connectivity index (χ1n) is 19.7. The van der Waals surface area contributed by atoms with Crippen LogP contribution in [0.15, 0.2) is 149 Å². The molecule has 5 aromatic rings. The molecular formula is C46H44N6O7S2. The fourth-order valence-electron chi connectivity index (χ4n) is 7.59. The molecule has 4 aromatic carbocycles. The third-order valence-electron chi connectivity index (χ3n) is 10.6. The van der Waals surface area contributed by atoms with Crippen molar-refractivity contribution in [3.63, 3.8) is 0 Å². The van der Waals surface area contributed by atoms with Gasteiger partial charge in [-0.3, -0.25) is 19.3 Å². The van der Waals surface area contributed by atoms with Crippen LogP contribution in [0.4, 0.5) is 5.13 Å². The minimum absolute atomic E-state index is 0.00957. The highest BCUT2D eigenvalue weighted by Gasteiger charge is 2.54. The Hall–Kier alpha value is -6.26. The average Bonchev–Trinajstić information content (AvgIpc) is 3.96. The molecule has 4 heterocycles. The van der Waals surface area contributed by atoms with Gasteiger partial charge in [-0.1, -0.05) is 120 Å². The van der Waals surface area contributed by atoms with Crippen LogP contribution in [0.5, 0.6) is 5.75 Å². The fourth-order valence-corrected chi connectivity index (χ4v) is 9.66. The van der Waals surface area contributed by atoms with Crippen molar-refractivity contribution in [3.05, 3.63) is 172 Å². The Balaban J connectivity index is 1.03. The predicted molar refractivity (Wildman–Crippen MR) is 235 cm³/mol. The van der Waals surface area contributed by atoms with Crippen LogP contribution in [0.3, 0.4) is 0 Å². The zero-order valence-corrected chi connectivity index (χ0v) is 35.4. The van der Waals surface area contributed by atoms with Crippen molar-refractivity contribution in [3.8, 4) is 5.75 Å². The minimum atomic E-state index is -0.959. The number of fused-ring (bicyclic) bond motifs is 1. The lowest BCUT2D eigenvalue weighted by molar-refractivity contribution is -0.153. The van der Waals surface area contributed by atoms with Crippen LogP contribution in [0, 0.1) is 0 Å². The maximum Gasteiger partial charge on any atom is 0.355 e. The summed E-state index contributed by atoms with van der Waals surface area (Å²) < 4.78 is 11.0. The summed E-state index contributed by atoms with van der Waals surface area (Å²) in [7, 11) is 4.79. The Kier molecular flexibility index (Phi) is 12.6. The van der Waals surface area contributed by atoms with Crippen molar-refractivity contribution in [1.29, 1.82) is 0 Å². The van der Waals surface area contributed by atoms with E-state index in [1.807, 2.05) is 85.9 Å². The van der Waals surface area contributed by atoms with Crippen LogP contribution in [0.2, 0.25) is 0 Å². The van der Waals surface area contributed by atoms with E-state index in [0.717, 1.165) is 35.2 Å². The van der Waals surface area contributed by atoms with Crippen molar-refractivity contribution in [2.45, 2.75) is 36.1 Å². The summed E-state index contributed by atoms with van der Waals surface area (Å²) in [5.74, 6) is -0.693. The molecule has 15 heteroatoms.